The van der Waals surface area contributed by atoms with Gasteiger partial charge in [0, 0.05) is 5.57 Å². The van der Waals surface area contributed by atoms with E-state index in [-0.39, 0.29) is 12.6 Å². The molecule has 0 saturated heterocycles. The Morgan fingerprint density at radius 1 is 1.46 bits per heavy atom. The Hall–Kier alpha value is -1.05. The van der Waals surface area contributed by atoms with Gasteiger partial charge in [-0.1, -0.05) is 31.6 Å². The first-order valence-electron chi connectivity index (χ1n) is 4.57. The fourth-order valence-electron chi connectivity index (χ4n) is 0.980. The smallest absolute Gasteiger partial charge is 0.333 e. The second kappa shape index (κ2) is 6.46. The molecule has 0 aliphatic rings. The number of hydrogen-bond donors (Lipinski definition) is 0. The summed E-state index contributed by atoms with van der Waals surface area (Å²) in [7, 11) is 0. The Morgan fingerprint density at radius 3 is 2.54 bits per heavy atom. The van der Waals surface area contributed by atoms with Gasteiger partial charge in [-0.2, -0.15) is 0 Å². The fourth-order valence-corrected chi connectivity index (χ4v) is 0.980. The maximum absolute atomic E-state index is 11.3. The molecule has 0 rings (SSSR count). The summed E-state index contributed by atoms with van der Waals surface area (Å²) in [5, 5.41) is 0. The zero-order valence-corrected chi connectivity index (χ0v) is 8.72. The van der Waals surface area contributed by atoms with Gasteiger partial charge in [0.25, 0.3) is 0 Å². The highest BCUT2D eigenvalue weighted by Gasteiger charge is 2.07. The van der Waals surface area contributed by atoms with Crippen LogP contribution >= 0.6 is 0 Å². The molecular weight excluding hydrogens is 164 g/mol. The van der Waals surface area contributed by atoms with Gasteiger partial charge in [-0.05, 0) is 20.3 Å². The minimum absolute atomic E-state index is 0.231. The molecule has 0 amide bonds. The molecule has 0 aliphatic heterocycles. The topological polar surface area (TPSA) is 26.3 Å². The molecule has 0 aromatic rings. The summed E-state index contributed by atoms with van der Waals surface area (Å²) in [6.07, 6.45) is 3.58. The lowest BCUT2D eigenvalue weighted by Gasteiger charge is -2.05. The van der Waals surface area contributed by atoms with E-state index in [2.05, 4.69) is 13.5 Å². The highest BCUT2D eigenvalue weighted by atomic mass is 16.5. The maximum Gasteiger partial charge on any atom is 0.333 e. The molecule has 0 bridgehead atoms. The molecular formula is C11H18O2. The SMILES string of the molecule is C=CCOC(=O)C(C)=C(C)CCC. The van der Waals surface area contributed by atoms with Gasteiger partial charge in [0.2, 0.25) is 0 Å². The summed E-state index contributed by atoms with van der Waals surface area (Å²) in [6, 6.07) is 0. The monoisotopic (exact) mass is 182 g/mol. The number of allylic oxidation sites excluding steroid dienone is 1. The Labute approximate surface area is 80.3 Å². The summed E-state index contributed by atoms with van der Waals surface area (Å²) in [4.78, 5) is 11.3. The van der Waals surface area contributed by atoms with E-state index >= 15 is 0 Å². The fraction of sp³-hybridized carbons (Fsp3) is 0.545. The number of carbonyl (C=O) groups is 1. The van der Waals surface area contributed by atoms with Crippen molar-refractivity contribution in [3.8, 4) is 0 Å². The molecule has 0 saturated carbocycles. The van der Waals surface area contributed by atoms with Crippen LogP contribution in [0, 0.1) is 0 Å². The average molecular weight is 182 g/mol. The van der Waals surface area contributed by atoms with E-state index in [9.17, 15) is 4.79 Å². The first-order chi connectivity index (χ1) is 6.13. The summed E-state index contributed by atoms with van der Waals surface area (Å²) in [6.45, 7) is 9.62. The number of esters is 1. The van der Waals surface area contributed by atoms with Crippen LogP contribution in [-0.4, -0.2) is 12.6 Å². The van der Waals surface area contributed by atoms with Gasteiger partial charge in [0.15, 0.2) is 0 Å². The van der Waals surface area contributed by atoms with Gasteiger partial charge >= 0.3 is 5.97 Å². The van der Waals surface area contributed by atoms with E-state index in [1.165, 1.54) is 0 Å². The van der Waals surface area contributed by atoms with Gasteiger partial charge in [-0.3, -0.25) is 0 Å². The van der Waals surface area contributed by atoms with Crippen LogP contribution in [-0.2, 0) is 9.53 Å². The van der Waals surface area contributed by atoms with Gasteiger partial charge < -0.3 is 4.74 Å². The average Bonchev–Trinajstić information content (AvgIpc) is 2.13. The summed E-state index contributed by atoms with van der Waals surface area (Å²) in [5.74, 6) is -0.231. The number of carbonyl (C=O) groups excluding carboxylic acids is 1. The highest BCUT2D eigenvalue weighted by molar-refractivity contribution is 5.88. The Morgan fingerprint density at radius 2 is 2.08 bits per heavy atom. The van der Waals surface area contributed by atoms with E-state index in [1.54, 1.807) is 13.0 Å². The normalized spacial score (nSPS) is 11.9. The first kappa shape index (κ1) is 11.9. The summed E-state index contributed by atoms with van der Waals surface area (Å²) >= 11 is 0. The number of hydrogen-bond acceptors (Lipinski definition) is 2. The lowest BCUT2D eigenvalue weighted by atomic mass is 10.1. The zero-order chi connectivity index (χ0) is 10.3. The van der Waals surface area contributed by atoms with Gasteiger partial charge in [-0.25, -0.2) is 4.79 Å². The van der Waals surface area contributed by atoms with E-state index < -0.39 is 0 Å². The third-order valence-corrected chi connectivity index (χ3v) is 1.90. The predicted octanol–water partition coefficient (Wildman–Crippen LogP) is 2.85. The second-order valence-corrected chi connectivity index (χ2v) is 3.04. The Balaban J connectivity index is 4.21. The molecule has 0 heterocycles. The molecule has 0 unspecified atom stereocenters. The molecule has 0 atom stereocenters. The molecule has 2 nitrogen and oxygen atoms in total. The molecule has 0 radical (unpaired) electrons. The van der Waals surface area contributed by atoms with Gasteiger partial charge in [0.05, 0.1) is 0 Å². The molecule has 0 aliphatic carbocycles. The van der Waals surface area contributed by atoms with Crippen LogP contribution in [0.5, 0.6) is 0 Å². The largest absolute Gasteiger partial charge is 0.458 e. The lowest BCUT2D eigenvalue weighted by Crippen LogP contribution is -2.07. The summed E-state index contributed by atoms with van der Waals surface area (Å²) in [5.41, 5.74) is 1.83. The van der Waals surface area contributed by atoms with Gasteiger partial charge in [-0.15, -0.1) is 0 Å². The molecule has 13 heavy (non-hydrogen) atoms. The van der Waals surface area contributed by atoms with Crippen molar-refractivity contribution in [1.82, 2.24) is 0 Å². The minimum Gasteiger partial charge on any atom is -0.458 e. The van der Waals surface area contributed by atoms with Crippen LogP contribution in [0.1, 0.15) is 33.6 Å². The number of ether oxygens (including phenoxy) is 1. The van der Waals surface area contributed by atoms with Crippen molar-refractivity contribution >= 4 is 5.97 Å². The van der Waals surface area contributed by atoms with E-state index in [4.69, 9.17) is 4.74 Å². The molecule has 0 aromatic carbocycles. The van der Waals surface area contributed by atoms with Gasteiger partial charge in [0.1, 0.15) is 6.61 Å². The molecule has 0 N–H and O–H groups in total. The van der Waals surface area contributed by atoms with Crippen molar-refractivity contribution in [2.75, 3.05) is 6.61 Å². The van der Waals surface area contributed by atoms with Crippen molar-refractivity contribution in [2.45, 2.75) is 33.6 Å². The van der Waals surface area contributed by atoms with Crippen molar-refractivity contribution in [2.24, 2.45) is 0 Å². The van der Waals surface area contributed by atoms with Crippen molar-refractivity contribution < 1.29 is 9.53 Å². The van der Waals surface area contributed by atoms with Crippen LogP contribution < -0.4 is 0 Å². The molecule has 2 heteroatoms. The highest BCUT2D eigenvalue weighted by Crippen LogP contribution is 2.11. The standard InChI is InChI=1S/C11H18O2/c1-5-7-9(3)10(4)11(12)13-8-6-2/h6H,2,5,7-8H2,1,3-4H3. The van der Waals surface area contributed by atoms with Crippen LogP contribution in [0.3, 0.4) is 0 Å². The molecule has 0 aromatic heterocycles. The lowest BCUT2D eigenvalue weighted by molar-refractivity contribution is -0.137. The molecule has 0 fully saturated rings. The van der Waals surface area contributed by atoms with E-state index in [1.807, 2.05) is 6.92 Å². The third kappa shape index (κ3) is 4.51. The van der Waals surface area contributed by atoms with Crippen LogP contribution in [0.4, 0.5) is 0 Å². The van der Waals surface area contributed by atoms with E-state index in [0.717, 1.165) is 24.0 Å². The first-order valence-corrected chi connectivity index (χ1v) is 4.57. The minimum atomic E-state index is -0.231. The maximum atomic E-state index is 11.3. The Kier molecular flexibility index (Phi) is 5.94. The quantitative estimate of drug-likeness (QED) is 0.371. The van der Waals surface area contributed by atoms with Crippen molar-refractivity contribution in [3.63, 3.8) is 0 Å². The summed E-state index contributed by atoms with van der Waals surface area (Å²) < 4.78 is 4.91. The van der Waals surface area contributed by atoms with E-state index in [0.29, 0.717) is 0 Å². The Bertz CT molecular complexity index is 214. The molecule has 74 valence electrons. The predicted molar refractivity (Wildman–Crippen MR) is 54.4 cm³/mol. The van der Waals surface area contributed by atoms with Crippen molar-refractivity contribution in [3.05, 3.63) is 23.8 Å². The molecule has 0 spiro atoms. The van der Waals surface area contributed by atoms with Crippen LogP contribution in [0.15, 0.2) is 23.8 Å². The zero-order valence-electron chi connectivity index (χ0n) is 8.72. The third-order valence-electron chi connectivity index (χ3n) is 1.90. The number of rotatable bonds is 5. The second-order valence-electron chi connectivity index (χ2n) is 3.04. The van der Waals surface area contributed by atoms with Crippen molar-refractivity contribution in [1.29, 1.82) is 0 Å². The van der Waals surface area contributed by atoms with Crippen LogP contribution in [0.2, 0.25) is 0 Å². The van der Waals surface area contributed by atoms with Crippen LogP contribution in [0.25, 0.3) is 0 Å².